The summed E-state index contributed by atoms with van der Waals surface area (Å²) < 4.78 is 2.32. The highest BCUT2D eigenvalue weighted by molar-refractivity contribution is 6.30. The number of rotatable bonds is 4. The molecule has 0 aliphatic carbocycles. The van der Waals surface area contributed by atoms with Gasteiger partial charge in [0.15, 0.2) is 0 Å². The molecule has 0 saturated carbocycles. The zero-order chi connectivity index (χ0) is 21.5. The lowest BCUT2D eigenvalue weighted by Crippen LogP contribution is -2.50. The van der Waals surface area contributed by atoms with E-state index >= 15 is 0 Å². The van der Waals surface area contributed by atoms with Crippen LogP contribution >= 0.6 is 24.0 Å². The minimum absolute atomic E-state index is 0. The molecule has 0 radical (unpaired) electrons. The SMILES string of the molecule is CC1Cc2c(c3ccc(N4CCN(CCc5ccc(Cl)cc5)CC4=O)cc3n2C)CN1.Cl. The molecule has 1 fully saturated rings. The van der Waals surface area contributed by atoms with Crippen molar-refractivity contribution < 1.29 is 4.79 Å². The van der Waals surface area contributed by atoms with E-state index in [1.165, 1.54) is 27.7 Å². The van der Waals surface area contributed by atoms with Crippen molar-refractivity contribution in [2.75, 3.05) is 31.1 Å². The maximum atomic E-state index is 13.0. The van der Waals surface area contributed by atoms with Crippen molar-refractivity contribution in [3.05, 3.63) is 64.3 Å². The van der Waals surface area contributed by atoms with Crippen LogP contribution in [0.25, 0.3) is 10.9 Å². The number of anilines is 1. The monoisotopic (exact) mass is 472 g/mol. The highest BCUT2D eigenvalue weighted by atomic mass is 35.5. The van der Waals surface area contributed by atoms with Crippen LogP contribution in [0.1, 0.15) is 23.7 Å². The minimum atomic E-state index is 0. The summed E-state index contributed by atoms with van der Waals surface area (Å²) in [6.07, 6.45) is 1.97. The summed E-state index contributed by atoms with van der Waals surface area (Å²) in [5.74, 6) is 0.177. The predicted octanol–water partition coefficient (Wildman–Crippen LogP) is 4.18. The summed E-state index contributed by atoms with van der Waals surface area (Å²) in [6.45, 7) is 6.12. The number of hydrogen-bond acceptors (Lipinski definition) is 3. The molecule has 170 valence electrons. The van der Waals surface area contributed by atoms with Gasteiger partial charge in [-0.05, 0) is 48.7 Å². The van der Waals surface area contributed by atoms with Gasteiger partial charge in [-0.15, -0.1) is 12.4 Å². The molecule has 2 aromatic carbocycles. The molecular weight excluding hydrogens is 443 g/mol. The van der Waals surface area contributed by atoms with Gasteiger partial charge in [-0.2, -0.15) is 0 Å². The molecule has 1 unspecified atom stereocenters. The Morgan fingerprint density at radius 1 is 1.12 bits per heavy atom. The fourth-order valence-corrected chi connectivity index (χ4v) is 5.07. The Morgan fingerprint density at radius 2 is 1.91 bits per heavy atom. The molecule has 7 heteroatoms. The number of piperazine rings is 1. The Bertz CT molecular complexity index is 1130. The Hall–Kier alpha value is -2.05. The molecule has 2 aliphatic rings. The number of carbonyl (C=O) groups is 1. The largest absolute Gasteiger partial charge is 0.347 e. The van der Waals surface area contributed by atoms with Crippen LogP contribution in [0.3, 0.4) is 0 Å². The maximum Gasteiger partial charge on any atom is 0.241 e. The van der Waals surface area contributed by atoms with Gasteiger partial charge in [-0.1, -0.05) is 29.8 Å². The van der Waals surface area contributed by atoms with Crippen molar-refractivity contribution in [2.24, 2.45) is 7.05 Å². The van der Waals surface area contributed by atoms with E-state index in [4.69, 9.17) is 11.6 Å². The first-order chi connectivity index (χ1) is 15.0. The number of fused-ring (bicyclic) bond motifs is 3. The molecule has 1 atom stereocenters. The van der Waals surface area contributed by atoms with Gasteiger partial charge < -0.3 is 14.8 Å². The van der Waals surface area contributed by atoms with Crippen molar-refractivity contribution in [3.63, 3.8) is 0 Å². The fraction of sp³-hybridized carbons (Fsp3) is 0.400. The molecule has 1 amide bonds. The zero-order valence-corrected chi connectivity index (χ0v) is 20.2. The van der Waals surface area contributed by atoms with Crippen molar-refractivity contribution >= 4 is 46.5 Å². The molecule has 0 spiro atoms. The predicted molar refractivity (Wildman–Crippen MR) is 134 cm³/mol. The molecule has 2 aliphatic heterocycles. The first-order valence-electron chi connectivity index (χ1n) is 11.1. The van der Waals surface area contributed by atoms with Crippen LogP contribution in [0.4, 0.5) is 5.69 Å². The summed E-state index contributed by atoms with van der Waals surface area (Å²) in [5, 5.41) is 5.63. The van der Waals surface area contributed by atoms with Gasteiger partial charge in [0.2, 0.25) is 5.91 Å². The van der Waals surface area contributed by atoms with E-state index in [0.717, 1.165) is 49.7 Å². The molecule has 0 bridgehead atoms. The number of amides is 1. The van der Waals surface area contributed by atoms with Gasteiger partial charge in [0.05, 0.1) is 12.1 Å². The number of halogens is 2. The summed E-state index contributed by atoms with van der Waals surface area (Å²) in [6, 6.07) is 15.0. The molecule has 32 heavy (non-hydrogen) atoms. The van der Waals surface area contributed by atoms with Crippen LogP contribution in [-0.2, 0) is 31.2 Å². The number of aryl methyl sites for hydroxylation is 1. The van der Waals surface area contributed by atoms with E-state index in [9.17, 15) is 4.79 Å². The van der Waals surface area contributed by atoms with Crippen LogP contribution in [-0.4, -0.2) is 47.6 Å². The topological polar surface area (TPSA) is 40.5 Å². The second kappa shape index (κ2) is 9.44. The van der Waals surface area contributed by atoms with Gasteiger partial charge in [0.25, 0.3) is 0 Å². The second-order valence-electron chi connectivity index (χ2n) is 8.87. The summed E-state index contributed by atoms with van der Waals surface area (Å²) >= 11 is 5.97. The maximum absolute atomic E-state index is 13.0. The molecule has 1 saturated heterocycles. The number of carbonyl (C=O) groups excluding carboxylic acids is 1. The number of aromatic nitrogens is 1. The van der Waals surface area contributed by atoms with E-state index in [-0.39, 0.29) is 18.3 Å². The molecule has 1 aromatic heterocycles. The molecule has 3 heterocycles. The lowest BCUT2D eigenvalue weighted by atomic mass is 10.0. The highest BCUT2D eigenvalue weighted by Gasteiger charge is 2.26. The third-order valence-corrected chi connectivity index (χ3v) is 7.04. The van der Waals surface area contributed by atoms with Crippen molar-refractivity contribution in [2.45, 2.75) is 32.4 Å². The van der Waals surface area contributed by atoms with Crippen molar-refractivity contribution in [3.8, 4) is 0 Å². The summed E-state index contributed by atoms with van der Waals surface area (Å²) in [7, 11) is 2.15. The minimum Gasteiger partial charge on any atom is -0.347 e. The third kappa shape index (κ3) is 4.40. The number of nitrogens with zero attached hydrogens (tertiary/aromatic N) is 3. The quantitative estimate of drug-likeness (QED) is 0.618. The van der Waals surface area contributed by atoms with Crippen LogP contribution in [0, 0.1) is 0 Å². The molecule has 1 N–H and O–H groups in total. The van der Waals surface area contributed by atoms with Crippen LogP contribution < -0.4 is 10.2 Å². The van der Waals surface area contributed by atoms with Gasteiger partial charge in [-0.3, -0.25) is 9.69 Å². The average molecular weight is 473 g/mol. The first-order valence-corrected chi connectivity index (χ1v) is 11.5. The van der Waals surface area contributed by atoms with Gasteiger partial charge in [0.1, 0.15) is 0 Å². The lowest BCUT2D eigenvalue weighted by molar-refractivity contribution is -0.121. The van der Waals surface area contributed by atoms with Gasteiger partial charge in [-0.25, -0.2) is 0 Å². The van der Waals surface area contributed by atoms with E-state index < -0.39 is 0 Å². The Kier molecular flexibility index (Phi) is 6.82. The molecule has 5 rings (SSSR count). The third-order valence-electron chi connectivity index (χ3n) is 6.79. The van der Waals surface area contributed by atoms with Crippen molar-refractivity contribution in [1.82, 2.24) is 14.8 Å². The number of nitrogens with one attached hydrogen (secondary N) is 1. The van der Waals surface area contributed by atoms with Gasteiger partial charge >= 0.3 is 0 Å². The Labute approximate surface area is 200 Å². The van der Waals surface area contributed by atoms with Gasteiger partial charge in [0, 0.05) is 67.5 Å². The molecular formula is C25H30Cl2N4O. The Balaban J connectivity index is 0.00000245. The van der Waals surface area contributed by atoms with Crippen molar-refractivity contribution in [1.29, 1.82) is 0 Å². The normalized spacial score (nSPS) is 19.2. The first kappa shape index (κ1) is 23.1. The Morgan fingerprint density at radius 3 is 2.66 bits per heavy atom. The molecule has 5 nitrogen and oxygen atoms in total. The highest BCUT2D eigenvalue weighted by Crippen LogP contribution is 2.32. The zero-order valence-electron chi connectivity index (χ0n) is 18.6. The second-order valence-corrected chi connectivity index (χ2v) is 9.31. The molecule has 3 aromatic rings. The van der Waals surface area contributed by atoms with E-state index in [1.807, 2.05) is 17.0 Å². The average Bonchev–Trinajstić information content (AvgIpc) is 3.04. The van der Waals surface area contributed by atoms with Crippen LogP contribution in [0.5, 0.6) is 0 Å². The van der Waals surface area contributed by atoms with Crippen LogP contribution in [0.15, 0.2) is 42.5 Å². The standard InChI is InChI=1S/C25H29ClN4O.ClH/c1-17-13-23-22(15-27-17)21-8-7-20(14-24(21)28(23)2)30-12-11-29(16-25(30)31)10-9-18-3-5-19(26)6-4-18;/h3-8,14,17,27H,9-13,15-16H2,1-2H3;1H. The smallest absolute Gasteiger partial charge is 0.241 e. The summed E-state index contributed by atoms with van der Waals surface area (Å²) in [4.78, 5) is 17.2. The van der Waals surface area contributed by atoms with Crippen LogP contribution in [0.2, 0.25) is 5.02 Å². The number of hydrogen-bond donors (Lipinski definition) is 1. The van der Waals surface area contributed by atoms with E-state index in [2.05, 4.69) is 59.1 Å². The lowest BCUT2D eigenvalue weighted by Gasteiger charge is -2.34. The number of benzene rings is 2. The summed E-state index contributed by atoms with van der Waals surface area (Å²) in [5.41, 5.74) is 6.30. The van der Waals surface area contributed by atoms with E-state index in [0.29, 0.717) is 12.6 Å². The van der Waals surface area contributed by atoms with E-state index in [1.54, 1.807) is 0 Å². The fourth-order valence-electron chi connectivity index (χ4n) is 4.94.